The first-order valence-electron chi connectivity index (χ1n) is 6.97. The average Bonchev–Trinajstić information content (AvgIpc) is 2.33. The fourth-order valence-corrected chi connectivity index (χ4v) is 3.61. The molecule has 1 aromatic rings. The molecule has 19 heavy (non-hydrogen) atoms. The molecular weight excluding hydrogens is 248 g/mol. The first-order chi connectivity index (χ1) is 9.06. The SMILES string of the molecule is OC1(Cc2c(F)cccc2F)CC2CCCC(C1)N2. The number of hydrogen-bond donors (Lipinski definition) is 2. The Morgan fingerprint density at radius 1 is 1.16 bits per heavy atom. The number of aliphatic hydroxyl groups is 1. The zero-order chi connectivity index (χ0) is 13.5. The molecule has 0 radical (unpaired) electrons. The lowest BCUT2D eigenvalue weighted by molar-refractivity contribution is -0.0314. The van der Waals surface area contributed by atoms with Crippen LogP contribution in [0.3, 0.4) is 0 Å². The zero-order valence-electron chi connectivity index (χ0n) is 10.8. The minimum atomic E-state index is -0.982. The van der Waals surface area contributed by atoms with Crippen LogP contribution in [0.15, 0.2) is 18.2 Å². The predicted octanol–water partition coefficient (Wildman–Crippen LogP) is 2.54. The van der Waals surface area contributed by atoms with E-state index in [2.05, 4.69) is 5.32 Å². The van der Waals surface area contributed by atoms with Crippen molar-refractivity contribution in [1.29, 1.82) is 0 Å². The standard InChI is InChI=1S/C15H19F2NO/c16-13-5-2-6-14(17)12(13)9-15(19)7-10-3-1-4-11(8-15)18-10/h2,5-6,10-11,18-19H,1,3-4,7-9H2. The maximum absolute atomic E-state index is 13.7. The van der Waals surface area contributed by atoms with Crippen molar-refractivity contribution in [2.45, 2.75) is 56.2 Å². The molecule has 2 aliphatic rings. The molecule has 2 nitrogen and oxygen atoms in total. The number of hydrogen-bond acceptors (Lipinski definition) is 2. The number of halogens is 2. The Labute approximate surface area is 111 Å². The van der Waals surface area contributed by atoms with Crippen LogP contribution in [0.4, 0.5) is 8.78 Å². The first kappa shape index (κ1) is 13.0. The predicted molar refractivity (Wildman–Crippen MR) is 68.8 cm³/mol. The molecule has 0 aliphatic carbocycles. The van der Waals surface area contributed by atoms with Crippen molar-refractivity contribution in [3.8, 4) is 0 Å². The quantitative estimate of drug-likeness (QED) is 0.863. The van der Waals surface area contributed by atoms with Crippen molar-refractivity contribution in [1.82, 2.24) is 5.32 Å². The van der Waals surface area contributed by atoms with Gasteiger partial charge in [0.2, 0.25) is 0 Å². The van der Waals surface area contributed by atoms with E-state index in [1.54, 1.807) is 0 Å². The lowest BCUT2D eigenvalue weighted by Crippen LogP contribution is -2.56. The van der Waals surface area contributed by atoms with Crippen LogP contribution in [-0.2, 0) is 6.42 Å². The molecule has 2 unspecified atom stereocenters. The average molecular weight is 267 g/mol. The van der Waals surface area contributed by atoms with Gasteiger partial charge in [0.1, 0.15) is 11.6 Å². The lowest BCUT2D eigenvalue weighted by Gasteiger charge is -2.45. The molecule has 2 aliphatic heterocycles. The molecular formula is C15H19F2NO. The summed E-state index contributed by atoms with van der Waals surface area (Å²) in [7, 11) is 0. The lowest BCUT2D eigenvalue weighted by atomic mass is 9.74. The number of rotatable bonds is 2. The van der Waals surface area contributed by atoms with E-state index in [4.69, 9.17) is 0 Å². The monoisotopic (exact) mass is 267 g/mol. The molecule has 2 atom stereocenters. The highest BCUT2D eigenvalue weighted by molar-refractivity contribution is 5.22. The van der Waals surface area contributed by atoms with E-state index in [1.807, 2.05) is 0 Å². The van der Waals surface area contributed by atoms with E-state index in [9.17, 15) is 13.9 Å². The number of fused-ring (bicyclic) bond motifs is 2. The molecule has 2 fully saturated rings. The topological polar surface area (TPSA) is 32.3 Å². The maximum atomic E-state index is 13.7. The Morgan fingerprint density at radius 3 is 2.32 bits per heavy atom. The molecule has 2 saturated heterocycles. The Morgan fingerprint density at radius 2 is 1.74 bits per heavy atom. The summed E-state index contributed by atoms with van der Waals surface area (Å²) < 4.78 is 27.4. The van der Waals surface area contributed by atoms with E-state index in [0.717, 1.165) is 12.8 Å². The van der Waals surface area contributed by atoms with Gasteiger partial charge in [0, 0.05) is 24.1 Å². The van der Waals surface area contributed by atoms with Gasteiger partial charge >= 0.3 is 0 Å². The van der Waals surface area contributed by atoms with Crippen molar-refractivity contribution >= 4 is 0 Å². The Balaban J connectivity index is 1.82. The van der Waals surface area contributed by atoms with Crippen molar-refractivity contribution in [2.75, 3.05) is 0 Å². The smallest absolute Gasteiger partial charge is 0.129 e. The van der Waals surface area contributed by atoms with Gasteiger partial charge in [-0.25, -0.2) is 8.78 Å². The summed E-state index contributed by atoms with van der Waals surface area (Å²) in [6.07, 6.45) is 4.48. The number of nitrogens with one attached hydrogen (secondary N) is 1. The third-order valence-electron chi connectivity index (χ3n) is 4.40. The molecule has 1 aromatic carbocycles. The largest absolute Gasteiger partial charge is 0.389 e. The summed E-state index contributed by atoms with van der Waals surface area (Å²) in [6, 6.07) is 4.43. The number of piperidine rings is 2. The van der Waals surface area contributed by atoms with E-state index in [-0.39, 0.29) is 24.1 Å². The summed E-state index contributed by atoms with van der Waals surface area (Å²) in [6.45, 7) is 0. The minimum Gasteiger partial charge on any atom is -0.389 e. The molecule has 0 saturated carbocycles. The van der Waals surface area contributed by atoms with Crippen molar-refractivity contribution in [2.24, 2.45) is 0 Å². The highest BCUT2D eigenvalue weighted by atomic mass is 19.1. The van der Waals surface area contributed by atoms with Crippen LogP contribution in [0.1, 0.15) is 37.7 Å². The third kappa shape index (κ3) is 2.65. The highest BCUT2D eigenvalue weighted by Crippen LogP contribution is 2.35. The number of benzene rings is 1. The second-order valence-electron chi connectivity index (χ2n) is 6.00. The van der Waals surface area contributed by atoms with E-state index in [1.165, 1.54) is 24.6 Å². The third-order valence-corrected chi connectivity index (χ3v) is 4.40. The van der Waals surface area contributed by atoms with Crippen LogP contribution in [-0.4, -0.2) is 22.8 Å². The summed E-state index contributed by atoms with van der Waals surface area (Å²) in [5.41, 5.74) is -0.964. The zero-order valence-corrected chi connectivity index (χ0v) is 10.8. The van der Waals surface area contributed by atoms with Gasteiger partial charge in [-0.2, -0.15) is 0 Å². The van der Waals surface area contributed by atoms with Crippen LogP contribution >= 0.6 is 0 Å². The van der Waals surface area contributed by atoms with Gasteiger partial charge in [-0.1, -0.05) is 12.5 Å². The Bertz CT molecular complexity index is 445. The fourth-order valence-electron chi connectivity index (χ4n) is 3.61. The van der Waals surface area contributed by atoms with Crippen LogP contribution < -0.4 is 5.32 Å². The summed E-state index contributed by atoms with van der Waals surface area (Å²) in [4.78, 5) is 0. The van der Waals surface area contributed by atoms with Gasteiger partial charge < -0.3 is 10.4 Å². The fraction of sp³-hybridized carbons (Fsp3) is 0.600. The van der Waals surface area contributed by atoms with Crippen LogP contribution in [0, 0.1) is 11.6 Å². The molecule has 0 aromatic heterocycles. The van der Waals surface area contributed by atoms with Gasteiger partial charge in [-0.05, 0) is 37.8 Å². The second-order valence-corrected chi connectivity index (χ2v) is 6.00. The van der Waals surface area contributed by atoms with E-state index >= 15 is 0 Å². The molecule has 104 valence electrons. The van der Waals surface area contributed by atoms with E-state index < -0.39 is 17.2 Å². The minimum absolute atomic E-state index is 0.0185. The van der Waals surface area contributed by atoms with Crippen molar-refractivity contribution in [3.05, 3.63) is 35.4 Å². The van der Waals surface area contributed by atoms with Gasteiger partial charge in [0.25, 0.3) is 0 Å². The summed E-state index contributed by atoms with van der Waals surface area (Å²) in [5.74, 6) is -1.12. The van der Waals surface area contributed by atoms with E-state index in [0.29, 0.717) is 12.8 Å². The van der Waals surface area contributed by atoms with Crippen LogP contribution in [0.5, 0.6) is 0 Å². The molecule has 2 bridgehead atoms. The van der Waals surface area contributed by atoms with Crippen LogP contribution in [0.2, 0.25) is 0 Å². The first-order valence-corrected chi connectivity index (χ1v) is 6.97. The molecule has 0 spiro atoms. The van der Waals surface area contributed by atoms with Crippen molar-refractivity contribution in [3.63, 3.8) is 0 Å². The molecule has 4 heteroatoms. The molecule has 2 N–H and O–H groups in total. The van der Waals surface area contributed by atoms with Crippen molar-refractivity contribution < 1.29 is 13.9 Å². The molecule has 0 amide bonds. The second kappa shape index (κ2) is 4.84. The molecule has 2 heterocycles. The highest BCUT2D eigenvalue weighted by Gasteiger charge is 2.41. The van der Waals surface area contributed by atoms with Gasteiger partial charge in [-0.3, -0.25) is 0 Å². The van der Waals surface area contributed by atoms with Crippen LogP contribution in [0.25, 0.3) is 0 Å². The van der Waals surface area contributed by atoms with Gasteiger partial charge in [-0.15, -0.1) is 0 Å². The van der Waals surface area contributed by atoms with Gasteiger partial charge in [0.15, 0.2) is 0 Å². The Hall–Kier alpha value is -1.00. The summed E-state index contributed by atoms with van der Waals surface area (Å²) in [5, 5.41) is 14.2. The normalized spacial score (nSPS) is 34.3. The summed E-state index contributed by atoms with van der Waals surface area (Å²) >= 11 is 0. The Kier molecular flexibility index (Phi) is 3.31. The maximum Gasteiger partial charge on any atom is 0.129 e. The molecule has 3 rings (SSSR count). The van der Waals surface area contributed by atoms with Gasteiger partial charge in [0.05, 0.1) is 5.60 Å².